The Bertz CT molecular complexity index is 436. The van der Waals surface area contributed by atoms with Crippen LogP contribution in [-0.2, 0) is 0 Å². The average Bonchev–Trinajstić information content (AvgIpc) is 2.79. The van der Waals surface area contributed by atoms with Gasteiger partial charge in [0.25, 0.3) is 0 Å². The molecule has 90 valence electrons. The van der Waals surface area contributed by atoms with E-state index in [1.807, 2.05) is 18.2 Å². The first-order valence-electron chi connectivity index (χ1n) is 6.19. The Balaban J connectivity index is 2.02. The minimum absolute atomic E-state index is 0.587. The first-order valence-corrected chi connectivity index (χ1v) is 6.98. The van der Waals surface area contributed by atoms with E-state index in [0.29, 0.717) is 11.6 Å². The normalized spacial score (nSPS) is 23.4. The van der Waals surface area contributed by atoms with E-state index in [1.54, 1.807) is 0 Å². The number of hydrogen-bond donors (Lipinski definition) is 1. The molecule has 2 atom stereocenters. The van der Waals surface area contributed by atoms with E-state index in [9.17, 15) is 0 Å². The number of hydrogen-bond acceptors (Lipinski definition) is 2. The van der Waals surface area contributed by atoms with Crippen LogP contribution in [0.3, 0.4) is 0 Å². The highest BCUT2D eigenvalue weighted by molar-refractivity contribution is 9.10. The average molecular weight is 293 g/mol. The first kappa shape index (κ1) is 12.4. The SMILES string of the molecule is CCC1CCC(Nc2ccc(C#N)cc2Br)C1. The highest BCUT2D eigenvalue weighted by Crippen LogP contribution is 2.32. The van der Waals surface area contributed by atoms with Gasteiger partial charge < -0.3 is 5.32 Å². The van der Waals surface area contributed by atoms with Crippen molar-refractivity contribution in [3.8, 4) is 6.07 Å². The molecule has 0 radical (unpaired) electrons. The fraction of sp³-hybridized carbons (Fsp3) is 0.500. The summed E-state index contributed by atoms with van der Waals surface area (Å²) in [4.78, 5) is 0. The maximum atomic E-state index is 8.81. The van der Waals surface area contributed by atoms with Crippen LogP contribution in [0.4, 0.5) is 5.69 Å². The van der Waals surface area contributed by atoms with Gasteiger partial charge in [0.2, 0.25) is 0 Å². The molecule has 1 aromatic rings. The smallest absolute Gasteiger partial charge is 0.0992 e. The largest absolute Gasteiger partial charge is 0.381 e. The lowest BCUT2D eigenvalue weighted by molar-refractivity contribution is 0.525. The molecule has 2 nitrogen and oxygen atoms in total. The highest BCUT2D eigenvalue weighted by Gasteiger charge is 2.23. The molecule has 1 fully saturated rings. The van der Waals surface area contributed by atoms with E-state index in [-0.39, 0.29) is 0 Å². The van der Waals surface area contributed by atoms with Gasteiger partial charge in [-0.3, -0.25) is 0 Å². The van der Waals surface area contributed by atoms with Crippen molar-refractivity contribution < 1.29 is 0 Å². The lowest BCUT2D eigenvalue weighted by Gasteiger charge is -2.15. The minimum Gasteiger partial charge on any atom is -0.381 e. The molecular formula is C14H17BrN2. The van der Waals surface area contributed by atoms with E-state index in [4.69, 9.17) is 5.26 Å². The Morgan fingerprint density at radius 3 is 2.88 bits per heavy atom. The van der Waals surface area contributed by atoms with Crippen molar-refractivity contribution in [2.24, 2.45) is 5.92 Å². The van der Waals surface area contributed by atoms with Gasteiger partial charge in [0.15, 0.2) is 0 Å². The topological polar surface area (TPSA) is 35.8 Å². The van der Waals surface area contributed by atoms with Crippen LogP contribution in [0.1, 0.15) is 38.2 Å². The summed E-state index contributed by atoms with van der Waals surface area (Å²) in [6.45, 7) is 2.27. The lowest BCUT2D eigenvalue weighted by atomic mass is 10.1. The summed E-state index contributed by atoms with van der Waals surface area (Å²) in [5, 5.41) is 12.4. The van der Waals surface area contributed by atoms with Crippen molar-refractivity contribution in [3.05, 3.63) is 28.2 Å². The second-order valence-corrected chi connectivity index (χ2v) is 5.59. The van der Waals surface area contributed by atoms with Gasteiger partial charge in [0, 0.05) is 16.2 Å². The summed E-state index contributed by atoms with van der Waals surface area (Å²) < 4.78 is 0.983. The lowest BCUT2D eigenvalue weighted by Crippen LogP contribution is -2.15. The quantitative estimate of drug-likeness (QED) is 0.901. The zero-order valence-corrected chi connectivity index (χ0v) is 11.6. The third-order valence-corrected chi connectivity index (χ3v) is 4.23. The van der Waals surface area contributed by atoms with Crippen LogP contribution in [0.5, 0.6) is 0 Å². The van der Waals surface area contributed by atoms with Crippen molar-refractivity contribution in [2.75, 3.05) is 5.32 Å². The van der Waals surface area contributed by atoms with Gasteiger partial charge in [-0.15, -0.1) is 0 Å². The second kappa shape index (κ2) is 5.55. The molecule has 0 aromatic heterocycles. The summed E-state index contributed by atoms with van der Waals surface area (Å²) in [5.74, 6) is 0.879. The molecule has 3 heteroatoms. The van der Waals surface area contributed by atoms with Gasteiger partial charge >= 0.3 is 0 Å². The van der Waals surface area contributed by atoms with Crippen LogP contribution >= 0.6 is 15.9 Å². The predicted molar refractivity (Wildman–Crippen MR) is 73.9 cm³/mol. The van der Waals surface area contributed by atoms with E-state index >= 15 is 0 Å². The molecule has 0 bridgehead atoms. The van der Waals surface area contributed by atoms with E-state index in [1.165, 1.54) is 25.7 Å². The third-order valence-electron chi connectivity index (χ3n) is 3.58. The van der Waals surface area contributed by atoms with E-state index in [0.717, 1.165) is 16.1 Å². The third kappa shape index (κ3) is 3.01. The molecule has 1 aromatic carbocycles. The van der Waals surface area contributed by atoms with Gasteiger partial charge in [-0.25, -0.2) is 0 Å². The number of benzene rings is 1. The van der Waals surface area contributed by atoms with Crippen molar-refractivity contribution in [1.82, 2.24) is 0 Å². The van der Waals surface area contributed by atoms with Gasteiger partial charge in [0.1, 0.15) is 0 Å². The maximum Gasteiger partial charge on any atom is 0.0992 e. The minimum atomic E-state index is 0.587. The summed E-state index contributed by atoms with van der Waals surface area (Å²) in [6, 6.07) is 8.45. The Morgan fingerprint density at radius 1 is 1.47 bits per heavy atom. The summed E-state index contributed by atoms with van der Waals surface area (Å²) in [5.41, 5.74) is 1.80. The number of nitriles is 1. The van der Waals surface area contributed by atoms with Crippen LogP contribution in [0.2, 0.25) is 0 Å². The molecule has 0 amide bonds. The number of anilines is 1. The molecular weight excluding hydrogens is 276 g/mol. The molecule has 1 aliphatic rings. The maximum absolute atomic E-state index is 8.81. The molecule has 0 heterocycles. The van der Waals surface area contributed by atoms with Crippen LogP contribution in [0, 0.1) is 17.2 Å². The molecule has 17 heavy (non-hydrogen) atoms. The number of halogens is 1. The van der Waals surface area contributed by atoms with Crippen molar-refractivity contribution in [1.29, 1.82) is 5.26 Å². The van der Waals surface area contributed by atoms with Crippen LogP contribution < -0.4 is 5.32 Å². The van der Waals surface area contributed by atoms with Gasteiger partial charge in [-0.2, -0.15) is 5.26 Å². The van der Waals surface area contributed by atoms with Crippen molar-refractivity contribution in [3.63, 3.8) is 0 Å². The summed E-state index contributed by atoms with van der Waals surface area (Å²) in [7, 11) is 0. The van der Waals surface area contributed by atoms with Gasteiger partial charge in [-0.05, 0) is 59.3 Å². The summed E-state index contributed by atoms with van der Waals surface area (Å²) >= 11 is 3.51. The van der Waals surface area contributed by atoms with Crippen molar-refractivity contribution in [2.45, 2.75) is 38.6 Å². The number of nitrogens with zero attached hydrogens (tertiary/aromatic N) is 1. The van der Waals surface area contributed by atoms with Crippen molar-refractivity contribution >= 4 is 21.6 Å². The summed E-state index contributed by atoms with van der Waals surface area (Å²) in [6.07, 6.45) is 5.14. The van der Waals surface area contributed by atoms with Gasteiger partial charge in [-0.1, -0.05) is 13.3 Å². The molecule has 0 spiro atoms. The monoisotopic (exact) mass is 292 g/mol. The Kier molecular flexibility index (Phi) is 4.06. The number of nitrogens with one attached hydrogen (secondary N) is 1. The van der Waals surface area contributed by atoms with Crippen LogP contribution in [-0.4, -0.2) is 6.04 Å². The molecule has 0 aliphatic heterocycles. The molecule has 1 N–H and O–H groups in total. The Hall–Kier alpha value is -1.01. The molecule has 2 rings (SSSR count). The standard InChI is InChI=1S/C14H17BrN2/c1-2-10-3-5-12(7-10)17-14-6-4-11(9-16)8-13(14)15/h4,6,8,10,12,17H,2-3,5,7H2,1H3. The fourth-order valence-corrected chi connectivity index (χ4v) is 2.99. The fourth-order valence-electron chi connectivity index (χ4n) is 2.50. The molecule has 0 saturated heterocycles. The molecule has 2 unspecified atom stereocenters. The molecule has 1 saturated carbocycles. The van der Waals surface area contributed by atoms with Crippen LogP contribution in [0.25, 0.3) is 0 Å². The number of rotatable bonds is 3. The first-order chi connectivity index (χ1) is 8.22. The highest BCUT2D eigenvalue weighted by atomic mass is 79.9. The Morgan fingerprint density at radius 2 is 2.29 bits per heavy atom. The molecule has 1 aliphatic carbocycles. The van der Waals surface area contributed by atoms with E-state index in [2.05, 4.69) is 34.2 Å². The zero-order chi connectivity index (χ0) is 12.3. The van der Waals surface area contributed by atoms with Crippen LogP contribution in [0.15, 0.2) is 22.7 Å². The van der Waals surface area contributed by atoms with E-state index < -0.39 is 0 Å². The zero-order valence-electron chi connectivity index (χ0n) is 10.0. The predicted octanol–water partition coefficient (Wildman–Crippen LogP) is 4.31. The second-order valence-electron chi connectivity index (χ2n) is 4.74. The Labute approximate surface area is 111 Å². The van der Waals surface area contributed by atoms with Gasteiger partial charge in [0.05, 0.1) is 11.6 Å².